The molecule has 0 spiro atoms. The molecule has 0 N–H and O–H groups in total. The van der Waals surface area contributed by atoms with E-state index in [0.717, 1.165) is 17.7 Å². The van der Waals surface area contributed by atoms with Crippen LogP contribution in [0.15, 0.2) is 52.1 Å². The number of benzene rings is 2. The lowest BCUT2D eigenvalue weighted by Crippen LogP contribution is -2.42. The minimum atomic E-state index is -0.213. The number of carbonyl (C=O) groups is 2. The predicted octanol–water partition coefficient (Wildman–Crippen LogP) is 2.38. The van der Waals surface area contributed by atoms with Crippen molar-refractivity contribution in [1.29, 1.82) is 0 Å². The summed E-state index contributed by atoms with van der Waals surface area (Å²) < 4.78 is 16.1. The summed E-state index contributed by atoms with van der Waals surface area (Å²) in [6, 6.07) is 13.2. The van der Waals surface area contributed by atoms with Gasteiger partial charge >= 0.3 is 0 Å². The molecule has 0 saturated carbocycles. The fourth-order valence-electron chi connectivity index (χ4n) is 4.18. The van der Waals surface area contributed by atoms with E-state index >= 15 is 0 Å². The molecule has 1 aromatic heterocycles. The van der Waals surface area contributed by atoms with Crippen LogP contribution in [0.1, 0.15) is 24.3 Å². The van der Waals surface area contributed by atoms with Gasteiger partial charge in [-0.05, 0) is 36.2 Å². The summed E-state index contributed by atoms with van der Waals surface area (Å²) in [6.07, 6.45) is 1.37. The van der Waals surface area contributed by atoms with Crippen molar-refractivity contribution in [2.24, 2.45) is 5.10 Å². The normalized spacial score (nSPS) is 16.7. The molecule has 3 aromatic rings. The van der Waals surface area contributed by atoms with Crippen molar-refractivity contribution in [1.82, 2.24) is 15.1 Å². The Labute approximate surface area is 188 Å². The zero-order valence-corrected chi connectivity index (χ0v) is 17.6. The quantitative estimate of drug-likeness (QED) is 0.606. The lowest BCUT2D eigenvalue weighted by molar-refractivity contribution is -0.135. The van der Waals surface area contributed by atoms with E-state index in [0.29, 0.717) is 41.6 Å². The molecule has 0 aliphatic carbocycles. The van der Waals surface area contributed by atoms with Gasteiger partial charge < -0.3 is 18.9 Å². The van der Waals surface area contributed by atoms with Crippen LogP contribution in [-0.2, 0) is 16.0 Å². The van der Waals surface area contributed by atoms with Crippen LogP contribution in [0, 0.1) is 0 Å². The van der Waals surface area contributed by atoms with Crippen LogP contribution in [0.25, 0.3) is 11.4 Å². The first-order chi connectivity index (χ1) is 16.2. The number of fused-ring (bicyclic) bond motifs is 2. The minimum Gasteiger partial charge on any atom is -0.454 e. The number of anilines is 1. The summed E-state index contributed by atoms with van der Waals surface area (Å²) in [5.41, 5.74) is 3.20. The van der Waals surface area contributed by atoms with Crippen molar-refractivity contribution in [3.8, 4) is 22.9 Å². The van der Waals surface area contributed by atoms with Crippen LogP contribution in [0.3, 0.4) is 0 Å². The number of carbonyl (C=O) groups excluding carboxylic acids is 2. The number of ether oxygens (including phenoxy) is 2. The minimum absolute atomic E-state index is 0.139. The maximum atomic E-state index is 12.9. The third-order valence-corrected chi connectivity index (χ3v) is 5.88. The molecule has 0 radical (unpaired) electrons. The third kappa shape index (κ3) is 3.49. The fourth-order valence-corrected chi connectivity index (χ4v) is 4.18. The van der Waals surface area contributed by atoms with Crippen molar-refractivity contribution in [3.05, 3.63) is 53.9 Å². The van der Waals surface area contributed by atoms with Crippen LogP contribution >= 0.6 is 0 Å². The lowest BCUT2D eigenvalue weighted by atomic mass is 10.1. The Bertz CT molecular complexity index is 1300. The summed E-state index contributed by atoms with van der Waals surface area (Å²) in [4.78, 5) is 31.5. The maximum absolute atomic E-state index is 12.9. The molecule has 3 aliphatic heterocycles. The summed E-state index contributed by atoms with van der Waals surface area (Å²) in [5.74, 6) is 1.49. The first-order valence-corrected chi connectivity index (χ1v) is 10.7. The molecule has 0 saturated heterocycles. The number of hydrogen-bond donors (Lipinski definition) is 0. The SMILES string of the molecule is O=C1CCC(c2nc(-c3ccc4c(c3)OCO4)no2)=NN1CC(=O)N1CCc2ccccc21. The van der Waals surface area contributed by atoms with Crippen molar-refractivity contribution in [2.45, 2.75) is 19.3 Å². The second-order valence-electron chi connectivity index (χ2n) is 7.91. The Hall–Kier alpha value is -4.21. The van der Waals surface area contributed by atoms with E-state index in [1.807, 2.05) is 30.3 Å². The molecule has 6 rings (SSSR count). The molecule has 4 heterocycles. The van der Waals surface area contributed by atoms with Gasteiger partial charge in [-0.25, -0.2) is 5.01 Å². The first-order valence-electron chi connectivity index (χ1n) is 10.7. The van der Waals surface area contributed by atoms with Crippen LogP contribution in [0.4, 0.5) is 5.69 Å². The summed E-state index contributed by atoms with van der Waals surface area (Å²) in [6.45, 7) is 0.637. The van der Waals surface area contributed by atoms with Gasteiger partial charge in [-0.15, -0.1) is 0 Å². The molecule has 2 amide bonds. The number of hydrazone groups is 1. The molecule has 33 heavy (non-hydrogen) atoms. The van der Waals surface area contributed by atoms with Gasteiger partial charge in [0, 0.05) is 30.6 Å². The highest BCUT2D eigenvalue weighted by atomic mass is 16.7. The average Bonchev–Trinajstić information content (AvgIpc) is 3.59. The molecule has 0 atom stereocenters. The maximum Gasteiger partial charge on any atom is 0.274 e. The highest BCUT2D eigenvalue weighted by Crippen LogP contribution is 2.35. The second-order valence-corrected chi connectivity index (χ2v) is 7.91. The molecular weight excluding hydrogens is 426 g/mol. The van der Waals surface area contributed by atoms with Gasteiger partial charge in [0.05, 0.1) is 0 Å². The predicted molar refractivity (Wildman–Crippen MR) is 116 cm³/mol. The van der Waals surface area contributed by atoms with E-state index in [2.05, 4.69) is 15.2 Å². The number of hydrogen-bond acceptors (Lipinski definition) is 8. The average molecular weight is 445 g/mol. The Morgan fingerprint density at radius 3 is 2.85 bits per heavy atom. The fraction of sp³-hybridized carbons (Fsp3) is 0.261. The highest BCUT2D eigenvalue weighted by Gasteiger charge is 2.30. The lowest BCUT2D eigenvalue weighted by Gasteiger charge is -2.24. The topological polar surface area (TPSA) is 110 Å². The second kappa shape index (κ2) is 7.73. The number of amides is 2. The van der Waals surface area contributed by atoms with Crippen molar-refractivity contribution >= 4 is 23.2 Å². The monoisotopic (exact) mass is 445 g/mol. The van der Waals surface area contributed by atoms with E-state index in [-0.39, 0.29) is 37.5 Å². The molecule has 3 aliphatic rings. The van der Waals surface area contributed by atoms with E-state index < -0.39 is 0 Å². The number of aromatic nitrogens is 2. The standard InChI is InChI=1S/C23H19N5O5/c29-20-8-6-16(23-24-22(26-33-23)15-5-7-18-19(11-15)32-13-31-18)25-28(20)12-21(30)27-10-9-14-3-1-2-4-17(14)27/h1-5,7,11H,6,8-10,12-13H2. The first kappa shape index (κ1) is 19.5. The molecule has 0 fully saturated rings. The molecule has 166 valence electrons. The van der Waals surface area contributed by atoms with Crippen LogP contribution in [-0.4, -0.2) is 52.6 Å². The van der Waals surface area contributed by atoms with Crippen LogP contribution in [0.5, 0.6) is 11.5 Å². The van der Waals surface area contributed by atoms with Crippen LogP contribution < -0.4 is 14.4 Å². The largest absolute Gasteiger partial charge is 0.454 e. The number of nitrogens with zero attached hydrogens (tertiary/aromatic N) is 5. The van der Waals surface area contributed by atoms with Gasteiger partial charge in [0.15, 0.2) is 11.5 Å². The Morgan fingerprint density at radius 2 is 1.91 bits per heavy atom. The number of para-hydroxylation sites is 1. The van der Waals surface area contributed by atoms with Gasteiger partial charge in [0.1, 0.15) is 12.3 Å². The highest BCUT2D eigenvalue weighted by molar-refractivity contribution is 6.03. The molecular formula is C23H19N5O5. The molecule has 0 bridgehead atoms. The Balaban J connectivity index is 1.21. The summed E-state index contributed by atoms with van der Waals surface area (Å²) in [5, 5.41) is 9.62. The zero-order chi connectivity index (χ0) is 22.4. The van der Waals surface area contributed by atoms with E-state index in [4.69, 9.17) is 14.0 Å². The molecule has 10 nitrogen and oxygen atoms in total. The zero-order valence-electron chi connectivity index (χ0n) is 17.6. The van der Waals surface area contributed by atoms with Crippen molar-refractivity contribution < 1.29 is 23.6 Å². The number of rotatable bonds is 4. The van der Waals surface area contributed by atoms with E-state index in [1.165, 1.54) is 5.01 Å². The van der Waals surface area contributed by atoms with Gasteiger partial charge in [-0.1, -0.05) is 23.4 Å². The van der Waals surface area contributed by atoms with Gasteiger partial charge in [-0.3, -0.25) is 9.59 Å². The van der Waals surface area contributed by atoms with E-state index in [1.54, 1.807) is 17.0 Å². The summed E-state index contributed by atoms with van der Waals surface area (Å²) in [7, 11) is 0. The van der Waals surface area contributed by atoms with Gasteiger partial charge in [0.2, 0.25) is 24.4 Å². The van der Waals surface area contributed by atoms with Crippen LogP contribution in [0.2, 0.25) is 0 Å². The van der Waals surface area contributed by atoms with Crippen molar-refractivity contribution in [3.63, 3.8) is 0 Å². The van der Waals surface area contributed by atoms with Gasteiger partial charge in [0.25, 0.3) is 5.89 Å². The van der Waals surface area contributed by atoms with Gasteiger partial charge in [-0.2, -0.15) is 10.1 Å². The Morgan fingerprint density at radius 1 is 1.03 bits per heavy atom. The smallest absolute Gasteiger partial charge is 0.274 e. The molecule has 2 aromatic carbocycles. The molecule has 0 unspecified atom stereocenters. The van der Waals surface area contributed by atoms with Crippen molar-refractivity contribution in [2.75, 3.05) is 24.8 Å². The third-order valence-electron chi connectivity index (χ3n) is 5.88. The summed E-state index contributed by atoms with van der Waals surface area (Å²) >= 11 is 0. The van der Waals surface area contributed by atoms with E-state index in [9.17, 15) is 9.59 Å². The molecule has 10 heteroatoms. The Kier molecular flexibility index (Phi) is 4.56.